The van der Waals surface area contributed by atoms with E-state index >= 15 is 0 Å². The Morgan fingerprint density at radius 2 is 1.95 bits per heavy atom. The number of hydrogen-bond donors (Lipinski definition) is 1. The summed E-state index contributed by atoms with van der Waals surface area (Å²) >= 11 is 0. The van der Waals surface area contributed by atoms with E-state index in [1.807, 2.05) is 13.8 Å². The third-order valence-electron chi connectivity index (χ3n) is 4.57. The molecule has 1 fully saturated rings. The Kier molecular flexibility index (Phi) is 5.19. The quantitative estimate of drug-likeness (QED) is 0.832. The van der Waals surface area contributed by atoms with Gasteiger partial charge in [0.2, 0.25) is 0 Å². The Balaban J connectivity index is 0.000000861. The molecule has 2 aliphatic rings. The lowest BCUT2D eigenvalue weighted by Crippen LogP contribution is -2.54. The number of aliphatic imine (C=N–C) groups is 1. The molecular weight excluding hydrogens is 236 g/mol. The summed E-state index contributed by atoms with van der Waals surface area (Å²) in [4.78, 5) is 4.84. The molecule has 1 unspecified atom stereocenters. The Labute approximate surface area is 118 Å². The van der Waals surface area contributed by atoms with E-state index in [0.717, 1.165) is 25.3 Å². The van der Waals surface area contributed by atoms with Gasteiger partial charge in [-0.15, -0.1) is 0 Å². The number of nitrogens with zero attached hydrogens (tertiary/aromatic N) is 1. The summed E-state index contributed by atoms with van der Waals surface area (Å²) in [6, 6.07) is 0. The number of rotatable bonds is 2. The van der Waals surface area contributed by atoms with Gasteiger partial charge in [0, 0.05) is 23.1 Å². The average Bonchev–Trinajstić information content (AvgIpc) is 2.38. The molecule has 0 bridgehead atoms. The van der Waals surface area contributed by atoms with Gasteiger partial charge in [0.25, 0.3) is 0 Å². The molecule has 1 atom stereocenters. The zero-order chi connectivity index (χ0) is 14.7. The molecule has 1 saturated heterocycles. The summed E-state index contributed by atoms with van der Waals surface area (Å²) in [7, 11) is 0. The van der Waals surface area contributed by atoms with Crippen LogP contribution in [-0.2, 0) is 4.74 Å². The summed E-state index contributed by atoms with van der Waals surface area (Å²) < 4.78 is 5.40. The standard InChI is InChI=1S/C14H24N2O.C2H6/c1-10(2)13(4)6-14(8-17-9-14)7-16-12(13)11(3)5-15;1-2/h5,10H,6-9,15H2,1-4H3;1-2H3/b11-5-;. The molecule has 2 N–H and O–H groups in total. The van der Waals surface area contributed by atoms with Crippen molar-refractivity contribution < 1.29 is 4.74 Å². The van der Waals surface area contributed by atoms with Crippen LogP contribution in [0.3, 0.4) is 0 Å². The Morgan fingerprint density at radius 3 is 2.32 bits per heavy atom. The smallest absolute Gasteiger partial charge is 0.0563 e. The molecule has 0 amide bonds. The van der Waals surface area contributed by atoms with Crippen molar-refractivity contribution in [2.45, 2.75) is 48.0 Å². The van der Waals surface area contributed by atoms with Crippen LogP contribution >= 0.6 is 0 Å². The fourth-order valence-electron chi connectivity index (χ4n) is 3.06. The first-order chi connectivity index (χ1) is 8.93. The van der Waals surface area contributed by atoms with Gasteiger partial charge in [-0.1, -0.05) is 34.6 Å². The molecule has 0 aromatic heterocycles. The summed E-state index contributed by atoms with van der Waals surface area (Å²) in [5.74, 6) is 0.564. The van der Waals surface area contributed by atoms with E-state index in [4.69, 9.17) is 15.5 Å². The molecule has 0 aromatic rings. The highest BCUT2D eigenvalue weighted by atomic mass is 16.5. The molecule has 0 aromatic carbocycles. The minimum atomic E-state index is 0.127. The van der Waals surface area contributed by atoms with Crippen molar-refractivity contribution in [3.63, 3.8) is 0 Å². The summed E-state index contributed by atoms with van der Waals surface area (Å²) in [5, 5.41) is 0. The molecule has 2 heterocycles. The first kappa shape index (κ1) is 16.2. The van der Waals surface area contributed by atoms with Crippen LogP contribution in [-0.4, -0.2) is 25.5 Å². The predicted octanol–water partition coefficient (Wildman–Crippen LogP) is 3.40. The van der Waals surface area contributed by atoms with Crippen LogP contribution in [0.2, 0.25) is 0 Å². The summed E-state index contributed by atoms with van der Waals surface area (Å²) in [6.45, 7) is 15.6. The lowest BCUT2D eigenvalue weighted by Gasteiger charge is -2.51. The maximum absolute atomic E-state index is 5.67. The first-order valence-electron chi connectivity index (χ1n) is 7.45. The lowest BCUT2D eigenvalue weighted by atomic mass is 9.60. The molecule has 3 nitrogen and oxygen atoms in total. The Morgan fingerprint density at radius 1 is 1.37 bits per heavy atom. The van der Waals surface area contributed by atoms with E-state index in [0.29, 0.717) is 11.3 Å². The monoisotopic (exact) mass is 266 g/mol. The Bertz CT molecular complexity index is 367. The second-order valence-electron chi connectivity index (χ2n) is 6.26. The second kappa shape index (κ2) is 6.08. The van der Waals surface area contributed by atoms with Gasteiger partial charge in [-0.3, -0.25) is 4.99 Å². The van der Waals surface area contributed by atoms with Gasteiger partial charge < -0.3 is 10.5 Å². The predicted molar refractivity (Wildman–Crippen MR) is 82.4 cm³/mol. The molecule has 0 radical (unpaired) electrons. The van der Waals surface area contributed by atoms with E-state index in [1.54, 1.807) is 6.20 Å². The highest BCUT2D eigenvalue weighted by Crippen LogP contribution is 2.49. The topological polar surface area (TPSA) is 47.6 Å². The fourth-order valence-corrected chi connectivity index (χ4v) is 3.06. The van der Waals surface area contributed by atoms with E-state index in [1.165, 1.54) is 12.1 Å². The third kappa shape index (κ3) is 2.86. The largest absolute Gasteiger partial charge is 0.404 e. The zero-order valence-electron chi connectivity index (χ0n) is 13.4. The van der Waals surface area contributed by atoms with Crippen molar-refractivity contribution >= 4 is 5.71 Å². The molecule has 1 spiro atoms. The van der Waals surface area contributed by atoms with E-state index < -0.39 is 0 Å². The molecule has 110 valence electrons. The molecule has 2 rings (SSSR count). The molecular formula is C16H30N2O. The SMILES string of the molecule is C/C(=C/N)C1=NCC2(COC2)CC1(C)C(C)C.CC. The van der Waals surface area contributed by atoms with Crippen molar-refractivity contribution in [1.29, 1.82) is 0 Å². The zero-order valence-corrected chi connectivity index (χ0v) is 13.4. The van der Waals surface area contributed by atoms with Crippen molar-refractivity contribution in [3.05, 3.63) is 11.8 Å². The maximum Gasteiger partial charge on any atom is 0.0563 e. The average molecular weight is 266 g/mol. The number of hydrogen-bond acceptors (Lipinski definition) is 3. The number of ether oxygens (including phenoxy) is 1. The van der Waals surface area contributed by atoms with Crippen molar-refractivity contribution in [2.24, 2.45) is 27.5 Å². The molecule has 3 heteroatoms. The minimum Gasteiger partial charge on any atom is -0.404 e. The molecule has 2 aliphatic heterocycles. The van der Waals surface area contributed by atoms with E-state index in [2.05, 4.69) is 27.7 Å². The maximum atomic E-state index is 5.67. The van der Waals surface area contributed by atoms with Crippen LogP contribution in [0.1, 0.15) is 48.0 Å². The highest BCUT2D eigenvalue weighted by Gasteiger charge is 2.50. The van der Waals surface area contributed by atoms with Gasteiger partial charge in [0.15, 0.2) is 0 Å². The van der Waals surface area contributed by atoms with Gasteiger partial charge >= 0.3 is 0 Å². The normalized spacial score (nSPS) is 29.4. The fraction of sp³-hybridized carbons (Fsp3) is 0.812. The van der Waals surface area contributed by atoms with Gasteiger partial charge in [0.1, 0.15) is 0 Å². The van der Waals surface area contributed by atoms with Crippen molar-refractivity contribution in [3.8, 4) is 0 Å². The Hall–Kier alpha value is -0.830. The molecule has 0 aliphatic carbocycles. The van der Waals surface area contributed by atoms with Crippen LogP contribution in [0.15, 0.2) is 16.8 Å². The molecule has 0 saturated carbocycles. The van der Waals surface area contributed by atoms with Crippen LogP contribution in [0.4, 0.5) is 0 Å². The molecule has 19 heavy (non-hydrogen) atoms. The minimum absolute atomic E-state index is 0.127. The van der Waals surface area contributed by atoms with E-state index in [9.17, 15) is 0 Å². The first-order valence-corrected chi connectivity index (χ1v) is 7.45. The van der Waals surface area contributed by atoms with Crippen molar-refractivity contribution in [2.75, 3.05) is 19.8 Å². The van der Waals surface area contributed by atoms with Gasteiger partial charge in [-0.25, -0.2) is 0 Å². The summed E-state index contributed by atoms with van der Waals surface area (Å²) in [6.07, 6.45) is 2.86. The van der Waals surface area contributed by atoms with Crippen LogP contribution < -0.4 is 5.73 Å². The van der Waals surface area contributed by atoms with Gasteiger partial charge in [-0.2, -0.15) is 0 Å². The van der Waals surface area contributed by atoms with Gasteiger partial charge in [-0.05, 0) is 31.0 Å². The van der Waals surface area contributed by atoms with E-state index in [-0.39, 0.29) is 5.41 Å². The van der Waals surface area contributed by atoms with Crippen LogP contribution in [0, 0.1) is 16.7 Å². The lowest BCUT2D eigenvalue weighted by molar-refractivity contribution is -0.128. The summed E-state index contributed by atoms with van der Waals surface area (Å²) in [5.41, 5.74) is 8.42. The number of allylic oxidation sites excluding steroid dienone is 1. The highest BCUT2D eigenvalue weighted by molar-refractivity contribution is 6.04. The van der Waals surface area contributed by atoms with Crippen molar-refractivity contribution in [1.82, 2.24) is 0 Å². The third-order valence-corrected chi connectivity index (χ3v) is 4.57. The number of nitrogens with two attached hydrogens (primary N) is 1. The van der Waals surface area contributed by atoms with Crippen LogP contribution in [0.25, 0.3) is 0 Å². The van der Waals surface area contributed by atoms with Gasteiger partial charge in [0.05, 0.1) is 13.2 Å². The van der Waals surface area contributed by atoms with Crippen LogP contribution in [0.5, 0.6) is 0 Å². The second-order valence-corrected chi connectivity index (χ2v) is 6.26.